The number of fused-ring (bicyclic) bond motifs is 1. The number of hydrogen-bond donors (Lipinski definition) is 2. The third-order valence-corrected chi connectivity index (χ3v) is 2.47. The van der Waals surface area contributed by atoms with E-state index in [1.165, 1.54) is 6.92 Å². The average molecular weight is 262 g/mol. The van der Waals surface area contributed by atoms with Crippen LogP contribution in [-0.2, 0) is 0 Å². The number of para-hydroxylation sites is 1. The first-order valence-corrected chi connectivity index (χ1v) is 5.47. The van der Waals surface area contributed by atoms with Gasteiger partial charge in [0, 0.05) is 12.3 Å². The minimum Gasteiger partial charge on any atom is -0.493 e. The van der Waals surface area contributed by atoms with Crippen LogP contribution in [0, 0.1) is 0 Å². The zero-order valence-electron chi connectivity index (χ0n) is 9.49. The van der Waals surface area contributed by atoms with Crippen molar-refractivity contribution in [2.45, 2.75) is 6.92 Å². The number of nitrogens with two attached hydrogens (primary N) is 1. The lowest BCUT2D eigenvalue weighted by Crippen LogP contribution is -2.03. The van der Waals surface area contributed by atoms with Gasteiger partial charge in [-0.3, -0.25) is 4.79 Å². The van der Waals surface area contributed by atoms with E-state index in [9.17, 15) is 9.90 Å². The van der Waals surface area contributed by atoms with E-state index in [0.717, 1.165) is 4.57 Å². The van der Waals surface area contributed by atoms with Crippen LogP contribution in [0.1, 0.15) is 11.7 Å². The fraction of sp³-hybridized carbons (Fsp3) is 0.0909. The summed E-state index contributed by atoms with van der Waals surface area (Å²) < 4.78 is 1.16. The van der Waals surface area contributed by atoms with Gasteiger partial charge in [-0.25, -0.2) is 4.57 Å². The number of nitrogens with zero attached hydrogens (tertiary/aromatic N) is 3. The van der Waals surface area contributed by atoms with Crippen molar-refractivity contribution < 1.29 is 9.90 Å². The zero-order valence-corrected chi connectivity index (χ0v) is 10.3. The molecule has 6 nitrogen and oxygen atoms in total. The summed E-state index contributed by atoms with van der Waals surface area (Å²) in [5, 5.41) is 17.8. The lowest BCUT2D eigenvalue weighted by molar-refractivity contribution is 0.0933. The van der Waals surface area contributed by atoms with Gasteiger partial charge < -0.3 is 10.8 Å². The third-order valence-electron chi connectivity index (χ3n) is 2.39. The molecule has 2 rings (SSSR count). The van der Waals surface area contributed by atoms with Gasteiger partial charge in [0.2, 0.25) is 16.9 Å². The van der Waals surface area contributed by atoms with Gasteiger partial charge in [0.1, 0.15) is 0 Å². The Hall–Kier alpha value is -2.28. The topological polar surface area (TPSA) is 93.0 Å². The van der Waals surface area contributed by atoms with Crippen LogP contribution in [0.2, 0.25) is 0 Å². The number of azo groups is 1. The first-order chi connectivity index (χ1) is 8.52. The SMILES string of the molecule is CC(=O)n1c(O)c(N=NC(N)=S)c2ccccc21. The van der Waals surface area contributed by atoms with E-state index in [4.69, 9.17) is 5.73 Å². The highest BCUT2D eigenvalue weighted by atomic mass is 32.1. The lowest BCUT2D eigenvalue weighted by atomic mass is 10.2. The van der Waals surface area contributed by atoms with Gasteiger partial charge in [0.25, 0.3) is 0 Å². The molecular weight excluding hydrogens is 252 g/mol. The van der Waals surface area contributed by atoms with Crippen LogP contribution in [-0.4, -0.2) is 20.7 Å². The van der Waals surface area contributed by atoms with E-state index in [1.807, 2.05) is 0 Å². The summed E-state index contributed by atoms with van der Waals surface area (Å²) in [6, 6.07) is 6.96. The van der Waals surface area contributed by atoms with Crippen molar-refractivity contribution in [1.82, 2.24) is 4.57 Å². The minimum atomic E-state index is -0.319. The van der Waals surface area contributed by atoms with Gasteiger partial charge in [0.15, 0.2) is 5.69 Å². The molecule has 0 saturated heterocycles. The molecule has 0 amide bonds. The quantitative estimate of drug-likeness (QED) is 0.609. The van der Waals surface area contributed by atoms with E-state index < -0.39 is 0 Å². The highest BCUT2D eigenvalue weighted by molar-refractivity contribution is 7.80. The maximum Gasteiger partial charge on any atom is 0.230 e. The number of aromatic hydroxyl groups is 1. The molecule has 0 atom stereocenters. The Bertz CT molecular complexity index is 675. The second kappa shape index (κ2) is 4.53. The maximum absolute atomic E-state index is 11.5. The molecule has 7 heteroatoms. The van der Waals surface area contributed by atoms with Crippen molar-refractivity contribution in [1.29, 1.82) is 0 Å². The van der Waals surface area contributed by atoms with Crippen LogP contribution >= 0.6 is 12.2 Å². The van der Waals surface area contributed by atoms with Crippen molar-refractivity contribution in [2.24, 2.45) is 16.0 Å². The molecule has 0 bridgehead atoms. The molecule has 0 unspecified atom stereocenters. The molecule has 0 radical (unpaired) electrons. The van der Waals surface area contributed by atoms with Gasteiger partial charge in [-0.2, -0.15) is 0 Å². The Balaban J connectivity index is 2.77. The standard InChI is InChI=1S/C11H10N4O2S/c1-6(16)15-8-5-3-2-4-7(8)9(10(15)17)13-14-11(12)18/h2-5,17H,1H3,(H2,12,18). The van der Waals surface area contributed by atoms with Crippen molar-refractivity contribution in [3.63, 3.8) is 0 Å². The second-order valence-electron chi connectivity index (χ2n) is 3.58. The monoisotopic (exact) mass is 262 g/mol. The van der Waals surface area contributed by atoms with Crippen LogP contribution in [0.5, 0.6) is 5.88 Å². The summed E-state index contributed by atoms with van der Waals surface area (Å²) in [5.74, 6) is -0.593. The molecule has 0 fully saturated rings. The molecule has 0 aliphatic carbocycles. The predicted molar refractivity (Wildman–Crippen MR) is 71.2 cm³/mol. The molecule has 0 saturated carbocycles. The van der Waals surface area contributed by atoms with E-state index in [1.54, 1.807) is 24.3 Å². The number of aromatic nitrogens is 1. The van der Waals surface area contributed by atoms with E-state index in [0.29, 0.717) is 10.9 Å². The zero-order chi connectivity index (χ0) is 13.3. The maximum atomic E-state index is 11.5. The Morgan fingerprint density at radius 1 is 1.44 bits per heavy atom. The summed E-state index contributed by atoms with van der Waals surface area (Å²) >= 11 is 4.58. The molecule has 1 heterocycles. The van der Waals surface area contributed by atoms with E-state index in [-0.39, 0.29) is 22.6 Å². The van der Waals surface area contributed by atoms with Crippen LogP contribution in [0.25, 0.3) is 10.9 Å². The fourth-order valence-corrected chi connectivity index (χ4v) is 1.77. The smallest absolute Gasteiger partial charge is 0.230 e. The Morgan fingerprint density at radius 2 is 2.11 bits per heavy atom. The minimum absolute atomic E-state index is 0.144. The van der Waals surface area contributed by atoms with Gasteiger partial charge >= 0.3 is 0 Å². The summed E-state index contributed by atoms with van der Waals surface area (Å²) in [4.78, 5) is 11.5. The first-order valence-electron chi connectivity index (χ1n) is 5.07. The molecule has 1 aromatic carbocycles. The summed E-state index contributed by atoms with van der Waals surface area (Å²) in [5.41, 5.74) is 5.95. The fourth-order valence-electron chi connectivity index (χ4n) is 1.73. The number of carbonyl (C=O) groups is 1. The molecule has 92 valence electrons. The first kappa shape index (κ1) is 12.2. The van der Waals surface area contributed by atoms with Crippen LogP contribution in [0.4, 0.5) is 5.69 Å². The number of rotatable bonds is 1. The van der Waals surface area contributed by atoms with Crippen molar-refractivity contribution in [3.05, 3.63) is 24.3 Å². The Labute approximate surface area is 108 Å². The number of benzene rings is 1. The summed E-state index contributed by atoms with van der Waals surface area (Å²) in [6.45, 7) is 1.35. The number of thiocarbonyl (C=S) groups is 1. The Kier molecular flexibility index (Phi) is 3.07. The van der Waals surface area contributed by atoms with Gasteiger partial charge in [-0.05, 0) is 18.3 Å². The van der Waals surface area contributed by atoms with Gasteiger partial charge in [-0.15, -0.1) is 10.2 Å². The largest absolute Gasteiger partial charge is 0.493 e. The molecule has 2 aromatic rings. The van der Waals surface area contributed by atoms with Crippen molar-refractivity contribution in [3.8, 4) is 5.88 Å². The number of carbonyl (C=O) groups excluding carboxylic acids is 1. The number of hydrogen-bond acceptors (Lipinski definition) is 4. The summed E-state index contributed by atoms with van der Waals surface area (Å²) in [7, 11) is 0. The van der Waals surface area contributed by atoms with Crippen LogP contribution < -0.4 is 5.73 Å². The van der Waals surface area contributed by atoms with Crippen molar-refractivity contribution in [2.75, 3.05) is 0 Å². The molecule has 0 aliphatic heterocycles. The molecule has 0 aliphatic rings. The molecule has 3 N–H and O–H groups in total. The second-order valence-corrected chi connectivity index (χ2v) is 4.00. The van der Waals surface area contributed by atoms with E-state index in [2.05, 4.69) is 22.4 Å². The summed E-state index contributed by atoms with van der Waals surface area (Å²) in [6.07, 6.45) is 0. The normalized spacial score (nSPS) is 11.2. The van der Waals surface area contributed by atoms with Gasteiger partial charge in [-0.1, -0.05) is 18.2 Å². The molecule has 1 aromatic heterocycles. The average Bonchev–Trinajstić information content (AvgIpc) is 2.58. The molecule has 0 spiro atoms. The van der Waals surface area contributed by atoms with E-state index >= 15 is 0 Å². The predicted octanol–water partition coefficient (Wildman–Crippen LogP) is 2.33. The highest BCUT2D eigenvalue weighted by Gasteiger charge is 2.18. The highest BCUT2D eigenvalue weighted by Crippen LogP contribution is 2.38. The molecule has 18 heavy (non-hydrogen) atoms. The van der Waals surface area contributed by atoms with Crippen LogP contribution in [0.3, 0.4) is 0 Å². The Morgan fingerprint density at radius 3 is 2.72 bits per heavy atom. The van der Waals surface area contributed by atoms with Crippen LogP contribution in [0.15, 0.2) is 34.5 Å². The third kappa shape index (κ3) is 1.95. The lowest BCUT2D eigenvalue weighted by Gasteiger charge is -1.99. The van der Waals surface area contributed by atoms with Crippen molar-refractivity contribution >= 4 is 39.8 Å². The molecular formula is C11H10N4O2S. The van der Waals surface area contributed by atoms with Gasteiger partial charge in [0.05, 0.1) is 5.52 Å².